The molecule has 0 bridgehead atoms. The maximum absolute atomic E-state index is 11.2. The predicted octanol–water partition coefficient (Wildman–Crippen LogP) is 3.34. The molecule has 0 spiro atoms. The van der Waals surface area contributed by atoms with Gasteiger partial charge in [-0.15, -0.1) is 0 Å². The van der Waals surface area contributed by atoms with Gasteiger partial charge in [-0.2, -0.15) is 8.42 Å². The molecular weight excluding hydrogens is 360 g/mol. The largest absolute Gasteiger partial charge is 0.359 e. The first-order chi connectivity index (χ1) is 12.3. The highest BCUT2D eigenvalue weighted by atomic mass is 32.2. The standard InChI is InChI=1S/C18H38O7S/c1-5-17(7-10-25-15-23-4)13-18(8-11-26(19,20)21)12-16(2)6-9-24-14-22-3/h16-18H,5-15H2,1-4H3,(H,19,20,21). The number of methoxy groups -OCH3 is 2. The van der Waals surface area contributed by atoms with Crippen LogP contribution < -0.4 is 0 Å². The topological polar surface area (TPSA) is 91.3 Å². The summed E-state index contributed by atoms with van der Waals surface area (Å²) in [5.41, 5.74) is 0. The molecule has 0 aliphatic heterocycles. The highest BCUT2D eigenvalue weighted by Gasteiger charge is 2.20. The van der Waals surface area contributed by atoms with E-state index in [1.54, 1.807) is 14.2 Å². The Kier molecular flexibility index (Phi) is 15.6. The molecule has 0 aliphatic rings. The number of hydrogen-bond acceptors (Lipinski definition) is 6. The summed E-state index contributed by atoms with van der Waals surface area (Å²) in [6, 6.07) is 0. The highest BCUT2D eigenvalue weighted by molar-refractivity contribution is 7.85. The lowest BCUT2D eigenvalue weighted by Crippen LogP contribution is -2.18. The quantitative estimate of drug-likeness (QED) is 0.215. The van der Waals surface area contributed by atoms with Gasteiger partial charge in [0.2, 0.25) is 0 Å². The first-order valence-electron chi connectivity index (χ1n) is 9.40. The van der Waals surface area contributed by atoms with E-state index < -0.39 is 10.1 Å². The Morgan fingerprint density at radius 1 is 0.885 bits per heavy atom. The second kappa shape index (κ2) is 15.8. The molecule has 0 saturated heterocycles. The van der Waals surface area contributed by atoms with Crippen LogP contribution in [0.25, 0.3) is 0 Å². The van der Waals surface area contributed by atoms with Crippen molar-refractivity contribution in [2.45, 2.75) is 52.4 Å². The van der Waals surface area contributed by atoms with Crippen LogP contribution in [0, 0.1) is 17.8 Å². The Balaban J connectivity index is 4.50. The van der Waals surface area contributed by atoms with E-state index in [9.17, 15) is 8.42 Å². The summed E-state index contributed by atoms with van der Waals surface area (Å²) in [6.45, 7) is 6.14. The normalized spacial score (nSPS) is 15.7. The van der Waals surface area contributed by atoms with E-state index in [1.807, 2.05) is 0 Å². The SMILES string of the molecule is CCC(CCOCOC)CC(CCS(=O)(=O)O)CC(C)CCOCOC. The molecule has 0 radical (unpaired) electrons. The summed E-state index contributed by atoms with van der Waals surface area (Å²) >= 11 is 0. The molecule has 0 aliphatic carbocycles. The van der Waals surface area contributed by atoms with Crippen LogP contribution in [0.2, 0.25) is 0 Å². The summed E-state index contributed by atoms with van der Waals surface area (Å²) in [5.74, 6) is 0.957. The van der Waals surface area contributed by atoms with Gasteiger partial charge in [-0.1, -0.05) is 20.3 Å². The average Bonchev–Trinajstić information content (AvgIpc) is 2.58. The summed E-state index contributed by atoms with van der Waals surface area (Å²) in [5, 5.41) is 0. The molecule has 8 heteroatoms. The average molecular weight is 399 g/mol. The molecule has 0 fully saturated rings. The molecule has 0 amide bonds. The fraction of sp³-hybridized carbons (Fsp3) is 1.00. The van der Waals surface area contributed by atoms with Gasteiger partial charge in [-0.05, 0) is 49.9 Å². The Labute approximate surface area is 159 Å². The lowest BCUT2D eigenvalue weighted by molar-refractivity contribution is -0.0360. The van der Waals surface area contributed by atoms with Crippen LogP contribution in [0.1, 0.15) is 52.4 Å². The van der Waals surface area contributed by atoms with Crippen molar-refractivity contribution in [1.29, 1.82) is 0 Å². The van der Waals surface area contributed by atoms with Crippen molar-refractivity contribution >= 4 is 10.1 Å². The van der Waals surface area contributed by atoms with Crippen LogP contribution in [0.3, 0.4) is 0 Å². The molecule has 3 unspecified atom stereocenters. The summed E-state index contributed by atoms with van der Waals surface area (Å²) < 4.78 is 51.9. The molecule has 1 N–H and O–H groups in total. The fourth-order valence-corrected chi connectivity index (χ4v) is 3.74. The third-order valence-corrected chi connectivity index (χ3v) is 5.34. The molecule has 3 atom stereocenters. The van der Waals surface area contributed by atoms with Crippen molar-refractivity contribution in [3.05, 3.63) is 0 Å². The predicted molar refractivity (Wildman–Crippen MR) is 102 cm³/mol. The van der Waals surface area contributed by atoms with Gasteiger partial charge < -0.3 is 18.9 Å². The molecule has 0 aromatic heterocycles. The van der Waals surface area contributed by atoms with Crippen LogP contribution in [-0.4, -0.2) is 59.7 Å². The number of ether oxygens (including phenoxy) is 4. The van der Waals surface area contributed by atoms with E-state index in [4.69, 9.17) is 23.5 Å². The zero-order valence-electron chi connectivity index (χ0n) is 16.8. The zero-order chi connectivity index (χ0) is 19.8. The van der Waals surface area contributed by atoms with E-state index in [0.29, 0.717) is 38.3 Å². The van der Waals surface area contributed by atoms with Gasteiger partial charge in [0.25, 0.3) is 10.1 Å². The van der Waals surface area contributed by atoms with E-state index in [1.165, 1.54) is 0 Å². The maximum atomic E-state index is 11.2. The summed E-state index contributed by atoms with van der Waals surface area (Å²) in [6.07, 6.45) is 5.18. The molecule has 7 nitrogen and oxygen atoms in total. The highest BCUT2D eigenvalue weighted by Crippen LogP contribution is 2.28. The van der Waals surface area contributed by atoms with Gasteiger partial charge in [-0.25, -0.2) is 0 Å². The van der Waals surface area contributed by atoms with Crippen molar-refractivity contribution in [3.8, 4) is 0 Å². The van der Waals surface area contributed by atoms with Crippen molar-refractivity contribution in [2.24, 2.45) is 17.8 Å². The molecule has 0 saturated carbocycles. The monoisotopic (exact) mass is 398 g/mol. The Hall–Kier alpha value is -0.250. The number of hydrogen-bond donors (Lipinski definition) is 1. The summed E-state index contributed by atoms with van der Waals surface area (Å²) in [7, 11) is -0.738. The van der Waals surface area contributed by atoms with Gasteiger partial charge in [0, 0.05) is 27.4 Å². The molecule has 158 valence electrons. The fourth-order valence-electron chi connectivity index (χ4n) is 3.11. The third kappa shape index (κ3) is 16.0. The Bertz CT molecular complexity index is 414. The van der Waals surface area contributed by atoms with E-state index >= 15 is 0 Å². The minimum absolute atomic E-state index is 0.179. The molecule has 0 aromatic rings. The third-order valence-electron chi connectivity index (χ3n) is 4.59. The van der Waals surface area contributed by atoms with Gasteiger partial charge in [0.15, 0.2) is 0 Å². The minimum atomic E-state index is -3.93. The van der Waals surface area contributed by atoms with Crippen LogP contribution in [0.4, 0.5) is 0 Å². The van der Waals surface area contributed by atoms with Gasteiger partial charge in [0.05, 0.1) is 5.75 Å². The second-order valence-corrected chi connectivity index (χ2v) is 8.57. The molecular formula is C18H38O7S. The van der Waals surface area contributed by atoms with E-state index in [-0.39, 0.29) is 18.5 Å². The van der Waals surface area contributed by atoms with Crippen molar-refractivity contribution in [1.82, 2.24) is 0 Å². The smallest absolute Gasteiger partial charge is 0.264 e. The lowest BCUT2D eigenvalue weighted by atomic mass is 9.83. The van der Waals surface area contributed by atoms with Crippen molar-refractivity contribution in [3.63, 3.8) is 0 Å². The molecule has 26 heavy (non-hydrogen) atoms. The zero-order valence-corrected chi connectivity index (χ0v) is 17.6. The van der Waals surface area contributed by atoms with Crippen LogP contribution in [0.5, 0.6) is 0 Å². The Morgan fingerprint density at radius 2 is 1.46 bits per heavy atom. The Morgan fingerprint density at radius 3 is 1.96 bits per heavy atom. The first kappa shape index (κ1) is 25.8. The van der Waals surface area contributed by atoms with Crippen LogP contribution in [-0.2, 0) is 29.1 Å². The van der Waals surface area contributed by atoms with Gasteiger partial charge >= 0.3 is 0 Å². The first-order valence-corrected chi connectivity index (χ1v) is 11.0. The van der Waals surface area contributed by atoms with E-state index in [2.05, 4.69) is 13.8 Å². The van der Waals surface area contributed by atoms with E-state index in [0.717, 1.165) is 32.1 Å². The van der Waals surface area contributed by atoms with Crippen molar-refractivity contribution in [2.75, 3.05) is 46.8 Å². The van der Waals surface area contributed by atoms with Gasteiger partial charge in [0.1, 0.15) is 13.6 Å². The molecule has 0 rings (SSSR count). The van der Waals surface area contributed by atoms with Crippen LogP contribution in [0.15, 0.2) is 0 Å². The molecule has 0 aromatic carbocycles. The van der Waals surface area contributed by atoms with Gasteiger partial charge in [-0.3, -0.25) is 4.55 Å². The van der Waals surface area contributed by atoms with Crippen LogP contribution >= 0.6 is 0 Å². The van der Waals surface area contributed by atoms with Crippen molar-refractivity contribution < 1.29 is 31.9 Å². The second-order valence-electron chi connectivity index (χ2n) is 7.00. The number of rotatable bonds is 18. The minimum Gasteiger partial charge on any atom is -0.359 e. The lowest BCUT2D eigenvalue weighted by Gasteiger charge is -2.25. The summed E-state index contributed by atoms with van der Waals surface area (Å²) in [4.78, 5) is 0. The maximum Gasteiger partial charge on any atom is 0.264 e. The molecule has 0 heterocycles.